The molecule has 1 aromatic carbocycles. The fourth-order valence-corrected chi connectivity index (χ4v) is 7.63. The number of rotatable bonds is 4. The minimum Gasteiger partial charge on any atom is -0.479 e. The Bertz CT molecular complexity index is 884. The molecule has 0 radical (unpaired) electrons. The van der Waals surface area contributed by atoms with Gasteiger partial charge in [-0.05, 0) is 54.5 Å². The van der Waals surface area contributed by atoms with Gasteiger partial charge in [-0.3, -0.25) is 4.79 Å². The lowest BCUT2D eigenvalue weighted by Crippen LogP contribution is -2.49. The number of aliphatic hydroxyl groups is 1. The molecule has 1 aliphatic carbocycles. The van der Waals surface area contributed by atoms with E-state index in [9.17, 15) is 28.6 Å². The van der Waals surface area contributed by atoms with Gasteiger partial charge in [-0.25, -0.2) is 13.6 Å². The van der Waals surface area contributed by atoms with E-state index in [-0.39, 0.29) is 31.2 Å². The number of fused-ring (bicyclic) bond motifs is 1. The monoisotopic (exact) mass is 439 g/mol. The van der Waals surface area contributed by atoms with Gasteiger partial charge >= 0.3 is 5.97 Å². The van der Waals surface area contributed by atoms with Gasteiger partial charge in [-0.15, -0.1) is 0 Å². The molecule has 3 rings (SSSR count). The van der Waals surface area contributed by atoms with Crippen LogP contribution in [0.5, 0.6) is 0 Å². The third-order valence-electron chi connectivity index (χ3n) is 6.68. The number of hydrogen-bond acceptors (Lipinski definition) is 3. The Morgan fingerprint density at radius 3 is 2.20 bits per heavy atom. The molecule has 0 aromatic heterocycles. The largest absolute Gasteiger partial charge is 0.479 e. The predicted octanol–water partition coefficient (Wildman–Crippen LogP) is 3.43. The average Bonchev–Trinajstić information content (AvgIpc) is 2.62. The quantitative estimate of drug-likeness (QED) is 0.705. The maximum absolute atomic E-state index is 13.6. The van der Waals surface area contributed by atoms with Gasteiger partial charge in [0.15, 0.2) is 6.10 Å². The van der Waals surface area contributed by atoms with Crippen LogP contribution in [0.25, 0.3) is 0 Å². The van der Waals surface area contributed by atoms with Gasteiger partial charge in [0.25, 0.3) is 0 Å². The Kier molecular flexibility index (Phi) is 5.88. The van der Waals surface area contributed by atoms with E-state index in [1.165, 1.54) is 0 Å². The molecule has 1 amide bonds. The summed E-state index contributed by atoms with van der Waals surface area (Å²) in [6.45, 7) is 10.4. The zero-order valence-electron chi connectivity index (χ0n) is 18.3. The summed E-state index contributed by atoms with van der Waals surface area (Å²) in [6, 6.07) is -0.190. The van der Waals surface area contributed by atoms with Gasteiger partial charge in [0.05, 0.1) is 14.5 Å². The molecule has 5 nitrogen and oxygen atoms in total. The van der Waals surface area contributed by atoms with Crippen LogP contribution in [0.3, 0.4) is 0 Å². The molecule has 0 unspecified atom stereocenters. The molecule has 8 heteroatoms. The van der Waals surface area contributed by atoms with Crippen LogP contribution < -0.4 is 5.19 Å². The van der Waals surface area contributed by atoms with E-state index in [4.69, 9.17) is 0 Å². The van der Waals surface area contributed by atoms with Crippen molar-refractivity contribution in [3.8, 4) is 0 Å². The van der Waals surface area contributed by atoms with Crippen molar-refractivity contribution in [3.63, 3.8) is 0 Å². The second-order valence-electron chi connectivity index (χ2n) is 9.77. The number of carbonyl (C=O) groups excluding carboxylic acids is 1. The molecule has 1 fully saturated rings. The van der Waals surface area contributed by atoms with Crippen LogP contribution in [0.4, 0.5) is 8.78 Å². The third kappa shape index (κ3) is 4.04. The van der Waals surface area contributed by atoms with E-state index in [1.807, 2.05) is 6.92 Å². The molecular weight excluding hydrogens is 408 g/mol. The van der Waals surface area contributed by atoms with Crippen LogP contribution >= 0.6 is 0 Å². The number of amides is 1. The van der Waals surface area contributed by atoms with Crippen molar-refractivity contribution in [2.75, 3.05) is 0 Å². The molecule has 1 saturated carbocycles. The zero-order valence-corrected chi connectivity index (χ0v) is 19.3. The van der Waals surface area contributed by atoms with E-state index in [0.717, 1.165) is 21.9 Å². The lowest BCUT2D eigenvalue weighted by molar-refractivity contribution is -0.146. The van der Waals surface area contributed by atoms with Gasteiger partial charge in [0.2, 0.25) is 11.8 Å². The SMILES string of the molecule is Cc1c2c(c(C)c([Si](C)(C)C)c1[C@H](O)C(=O)O)CN(C1CCC(F)(F)CC1)C(=O)C2. The number of hydrogen-bond donors (Lipinski definition) is 2. The summed E-state index contributed by atoms with van der Waals surface area (Å²) in [7, 11) is -2.05. The lowest BCUT2D eigenvalue weighted by Gasteiger charge is -2.41. The summed E-state index contributed by atoms with van der Waals surface area (Å²) in [5, 5.41) is 20.9. The Morgan fingerprint density at radius 2 is 1.70 bits per heavy atom. The molecule has 30 heavy (non-hydrogen) atoms. The van der Waals surface area contributed by atoms with Crippen LogP contribution in [0.2, 0.25) is 19.6 Å². The molecule has 0 bridgehead atoms. The Morgan fingerprint density at radius 1 is 1.13 bits per heavy atom. The average molecular weight is 440 g/mol. The standard InChI is InChI=1S/C22H31F2NO4Si/c1-12-15-10-17(26)25(14-6-8-22(23,24)9-7-14)11-16(15)13(2)20(30(3,4)5)18(12)19(27)21(28)29/h14,19,27H,6-11H2,1-5H3,(H,28,29)/t19-/m0/s1. The molecule has 166 valence electrons. The first-order chi connectivity index (χ1) is 13.7. The van der Waals surface area contributed by atoms with Gasteiger partial charge in [0.1, 0.15) is 0 Å². The van der Waals surface area contributed by atoms with E-state index in [0.29, 0.717) is 30.5 Å². The van der Waals surface area contributed by atoms with E-state index >= 15 is 0 Å². The Balaban J connectivity index is 2.09. The summed E-state index contributed by atoms with van der Waals surface area (Å²) in [6.07, 6.45) is -1.33. The normalized spacial score (nSPS) is 20.8. The topological polar surface area (TPSA) is 77.8 Å². The van der Waals surface area contributed by atoms with Crippen LogP contribution in [0.1, 0.15) is 59.6 Å². The minimum atomic E-state index is -2.65. The highest BCUT2D eigenvalue weighted by Gasteiger charge is 2.41. The molecule has 1 heterocycles. The summed E-state index contributed by atoms with van der Waals surface area (Å²) in [5.41, 5.74) is 3.81. The van der Waals surface area contributed by atoms with Crippen molar-refractivity contribution < 1.29 is 28.6 Å². The van der Waals surface area contributed by atoms with Crippen molar-refractivity contribution in [2.24, 2.45) is 0 Å². The first-order valence-corrected chi connectivity index (χ1v) is 14.0. The number of carboxylic acid groups (broad SMARTS) is 1. The number of carboxylic acids is 1. The summed E-state index contributed by atoms with van der Waals surface area (Å²) >= 11 is 0. The van der Waals surface area contributed by atoms with Crippen LogP contribution in [-0.4, -0.2) is 47.0 Å². The van der Waals surface area contributed by atoms with Crippen molar-refractivity contribution in [3.05, 3.63) is 27.8 Å². The number of nitrogens with zero attached hydrogens (tertiary/aromatic N) is 1. The van der Waals surface area contributed by atoms with Gasteiger partial charge in [-0.1, -0.05) is 24.8 Å². The highest BCUT2D eigenvalue weighted by molar-refractivity contribution is 6.89. The van der Waals surface area contributed by atoms with Gasteiger partial charge < -0.3 is 15.1 Å². The smallest absolute Gasteiger partial charge is 0.337 e. The van der Waals surface area contributed by atoms with E-state index < -0.39 is 26.1 Å². The number of benzene rings is 1. The maximum Gasteiger partial charge on any atom is 0.337 e. The first-order valence-electron chi connectivity index (χ1n) is 10.5. The molecule has 1 aromatic rings. The highest BCUT2D eigenvalue weighted by Crippen LogP contribution is 2.38. The summed E-state index contributed by atoms with van der Waals surface area (Å²) < 4.78 is 27.2. The summed E-state index contributed by atoms with van der Waals surface area (Å²) in [4.78, 5) is 26.3. The molecule has 1 aliphatic heterocycles. The first kappa shape index (κ1) is 22.9. The number of aliphatic carboxylic acids is 1. The van der Waals surface area contributed by atoms with Crippen LogP contribution in [-0.2, 0) is 22.6 Å². The number of alkyl halides is 2. The van der Waals surface area contributed by atoms with E-state index in [2.05, 4.69) is 19.6 Å². The molecule has 0 saturated heterocycles. The fraction of sp³-hybridized carbons (Fsp3) is 0.636. The van der Waals surface area contributed by atoms with Crippen LogP contribution in [0.15, 0.2) is 0 Å². The predicted molar refractivity (Wildman–Crippen MR) is 113 cm³/mol. The molecule has 2 N–H and O–H groups in total. The minimum absolute atomic E-state index is 0.111. The second-order valence-corrected chi connectivity index (χ2v) is 14.8. The number of halogens is 2. The van der Waals surface area contributed by atoms with E-state index in [1.54, 1.807) is 11.8 Å². The summed E-state index contributed by atoms with van der Waals surface area (Å²) in [5.74, 6) is -4.06. The van der Waals surface area contributed by atoms with Gasteiger partial charge in [0, 0.05) is 25.4 Å². The second kappa shape index (κ2) is 7.71. The number of aliphatic hydroxyl groups excluding tert-OH is 1. The maximum atomic E-state index is 13.6. The third-order valence-corrected chi connectivity index (χ3v) is 8.82. The Labute approximate surface area is 177 Å². The Hall–Kier alpha value is -1.80. The zero-order chi connectivity index (χ0) is 22.6. The number of carbonyl (C=O) groups is 2. The van der Waals surface area contributed by atoms with Crippen molar-refractivity contribution in [1.29, 1.82) is 0 Å². The molecule has 0 spiro atoms. The molecular formula is C22H31F2NO4Si. The van der Waals surface area contributed by atoms with Crippen LogP contribution in [0, 0.1) is 13.8 Å². The van der Waals surface area contributed by atoms with Crippen molar-refractivity contribution >= 4 is 25.1 Å². The molecule has 2 aliphatic rings. The lowest BCUT2D eigenvalue weighted by atomic mass is 9.84. The van der Waals surface area contributed by atoms with Crippen molar-refractivity contribution in [2.45, 2.75) is 90.2 Å². The molecule has 1 atom stereocenters. The van der Waals surface area contributed by atoms with Gasteiger partial charge in [-0.2, -0.15) is 0 Å². The fourth-order valence-electron chi connectivity index (χ4n) is 5.22. The highest BCUT2D eigenvalue weighted by atomic mass is 28.3. The van der Waals surface area contributed by atoms with Crippen molar-refractivity contribution in [1.82, 2.24) is 4.90 Å².